The zero-order valence-corrected chi connectivity index (χ0v) is 6.70. The van der Waals surface area contributed by atoms with Crippen molar-refractivity contribution in [3.8, 4) is 0 Å². The molecule has 1 rings (SSSR count). The number of benzene rings is 1. The molecule has 0 saturated carbocycles. The van der Waals surface area contributed by atoms with Gasteiger partial charge >= 0.3 is 0 Å². The Morgan fingerprint density at radius 3 is 2.36 bits per heavy atom. The molecule has 0 aliphatic heterocycles. The van der Waals surface area contributed by atoms with Crippen LogP contribution in [-0.2, 0) is 0 Å². The molecule has 0 aromatic heterocycles. The summed E-state index contributed by atoms with van der Waals surface area (Å²) in [5.41, 5.74) is 1.07. The minimum atomic E-state index is 0.0838. The number of hydrogen-bond donors (Lipinski definition) is 1. The number of para-hydroxylation sites is 1. The van der Waals surface area contributed by atoms with Crippen LogP contribution in [-0.4, -0.2) is 18.4 Å². The van der Waals surface area contributed by atoms with Crippen LogP contribution in [0.5, 0.6) is 0 Å². The average molecular weight is 151 g/mol. The highest BCUT2D eigenvalue weighted by atomic mass is 16.3. The molecule has 2 nitrogen and oxygen atoms in total. The molecule has 60 valence electrons. The SMILES string of the molecule is CCN(CO)c1ccccc1. The first-order chi connectivity index (χ1) is 5.38. The molecule has 11 heavy (non-hydrogen) atoms. The summed E-state index contributed by atoms with van der Waals surface area (Å²) in [5, 5.41) is 8.91. The number of aliphatic hydroxyl groups excluding tert-OH is 1. The van der Waals surface area contributed by atoms with Gasteiger partial charge in [0.1, 0.15) is 6.73 Å². The lowest BCUT2D eigenvalue weighted by Gasteiger charge is -2.19. The summed E-state index contributed by atoms with van der Waals surface area (Å²) in [7, 11) is 0. The zero-order valence-electron chi connectivity index (χ0n) is 6.70. The average Bonchev–Trinajstić information content (AvgIpc) is 2.09. The number of nitrogens with zero attached hydrogens (tertiary/aromatic N) is 1. The Labute approximate surface area is 67.1 Å². The second kappa shape index (κ2) is 3.98. The van der Waals surface area contributed by atoms with Gasteiger partial charge in [0.2, 0.25) is 0 Å². The third-order valence-corrected chi connectivity index (χ3v) is 1.67. The van der Waals surface area contributed by atoms with E-state index in [4.69, 9.17) is 5.11 Å². The van der Waals surface area contributed by atoms with Gasteiger partial charge in [0.05, 0.1) is 0 Å². The molecule has 0 radical (unpaired) electrons. The van der Waals surface area contributed by atoms with Gasteiger partial charge in [0, 0.05) is 12.2 Å². The van der Waals surface area contributed by atoms with E-state index in [0.717, 1.165) is 12.2 Å². The summed E-state index contributed by atoms with van der Waals surface area (Å²) in [6.45, 7) is 2.93. The van der Waals surface area contributed by atoms with Crippen LogP contribution in [0.4, 0.5) is 5.69 Å². The van der Waals surface area contributed by atoms with Crippen molar-refractivity contribution in [2.24, 2.45) is 0 Å². The van der Waals surface area contributed by atoms with Crippen molar-refractivity contribution < 1.29 is 5.11 Å². The first kappa shape index (κ1) is 8.08. The molecule has 1 aromatic carbocycles. The van der Waals surface area contributed by atoms with Crippen molar-refractivity contribution in [2.75, 3.05) is 18.2 Å². The van der Waals surface area contributed by atoms with Crippen LogP contribution in [0.1, 0.15) is 6.92 Å². The molecule has 2 heteroatoms. The Kier molecular flexibility index (Phi) is 2.93. The van der Waals surface area contributed by atoms with Crippen LogP contribution >= 0.6 is 0 Å². The number of rotatable bonds is 3. The Balaban J connectivity index is 2.74. The van der Waals surface area contributed by atoms with Crippen LogP contribution in [0.25, 0.3) is 0 Å². The Morgan fingerprint density at radius 2 is 1.91 bits per heavy atom. The molecule has 0 heterocycles. The fourth-order valence-corrected chi connectivity index (χ4v) is 1.00. The Bertz CT molecular complexity index is 194. The van der Waals surface area contributed by atoms with Crippen LogP contribution in [0.3, 0.4) is 0 Å². The summed E-state index contributed by atoms with van der Waals surface area (Å²) in [6, 6.07) is 9.87. The fourth-order valence-electron chi connectivity index (χ4n) is 1.00. The highest BCUT2D eigenvalue weighted by Crippen LogP contribution is 2.10. The van der Waals surface area contributed by atoms with Crippen LogP contribution in [0.15, 0.2) is 30.3 Å². The molecule has 0 fully saturated rings. The van der Waals surface area contributed by atoms with Gasteiger partial charge in [0.15, 0.2) is 0 Å². The summed E-state index contributed by atoms with van der Waals surface area (Å²) in [5.74, 6) is 0. The number of aliphatic hydroxyl groups is 1. The van der Waals surface area contributed by atoms with Gasteiger partial charge in [0.25, 0.3) is 0 Å². The van der Waals surface area contributed by atoms with E-state index >= 15 is 0 Å². The molecule has 1 aromatic rings. The van der Waals surface area contributed by atoms with Gasteiger partial charge in [-0.05, 0) is 19.1 Å². The molecule has 0 bridgehead atoms. The Hall–Kier alpha value is -1.02. The standard InChI is InChI=1S/C9H13NO/c1-2-10(8-11)9-6-4-3-5-7-9/h3-7,11H,2,8H2,1H3. The molecule has 0 aliphatic rings. The van der Waals surface area contributed by atoms with Crippen molar-refractivity contribution in [2.45, 2.75) is 6.92 Å². The second-order valence-electron chi connectivity index (χ2n) is 2.33. The number of anilines is 1. The Morgan fingerprint density at radius 1 is 1.27 bits per heavy atom. The molecular formula is C9H13NO. The normalized spacial score (nSPS) is 9.64. The van der Waals surface area contributed by atoms with Crippen molar-refractivity contribution in [1.82, 2.24) is 0 Å². The van der Waals surface area contributed by atoms with E-state index in [0.29, 0.717) is 0 Å². The highest BCUT2D eigenvalue weighted by molar-refractivity contribution is 5.45. The molecule has 0 atom stereocenters. The maximum Gasteiger partial charge on any atom is 0.115 e. The van der Waals surface area contributed by atoms with E-state index < -0.39 is 0 Å². The molecule has 0 spiro atoms. The molecule has 0 saturated heterocycles. The van der Waals surface area contributed by atoms with Gasteiger partial charge < -0.3 is 10.0 Å². The monoisotopic (exact) mass is 151 g/mol. The summed E-state index contributed by atoms with van der Waals surface area (Å²) >= 11 is 0. The van der Waals surface area contributed by atoms with E-state index in [-0.39, 0.29) is 6.73 Å². The third-order valence-electron chi connectivity index (χ3n) is 1.67. The number of hydrogen-bond acceptors (Lipinski definition) is 2. The minimum absolute atomic E-state index is 0.0838. The predicted octanol–water partition coefficient (Wildman–Crippen LogP) is 1.46. The molecule has 1 N–H and O–H groups in total. The first-order valence-electron chi connectivity index (χ1n) is 3.79. The second-order valence-corrected chi connectivity index (χ2v) is 2.33. The zero-order chi connectivity index (χ0) is 8.10. The summed E-state index contributed by atoms with van der Waals surface area (Å²) < 4.78 is 0. The van der Waals surface area contributed by atoms with Gasteiger partial charge in [-0.15, -0.1) is 0 Å². The van der Waals surface area contributed by atoms with Crippen LogP contribution in [0.2, 0.25) is 0 Å². The smallest absolute Gasteiger partial charge is 0.115 e. The maximum atomic E-state index is 8.91. The predicted molar refractivity (Wildman–Crippen MR) is 46.5 cm³/mol. The lowest BCUT2D eigenvalue weighted by Crippen LogP contribution is -2.23. The maximum absolute atomic E-state index is 8.91. The van der Waals surface area contributed by atoms with E-state index in [1.807, 2.05) is 42.2 Å². The molecule has 0 aliphatic carbocycles. The topological polar surface area (TPSA) is 23.5 Å². The van der Waals surface area contributed by atoms with Crippen molar-refractivity contribution in [3.05, 3.63) is 30.3 Å². The van der Waals surface area contributed by atoms with Crippen molar-refractivity contribution in [3.63, 3.8) is 0 Å². The van der Waals surface area contributed by atoms with Crippen molar-refractivity contribution in [1.29, 1.82) is 0 Å². The molecular weight excluding hydrogens is 138 g/mol. The van der Waals surface area contributed by atoms with Crippen LogP contribution in [0, 0.1) is 0 Å². The molecule has 0 unspecified atom stereocenters. The first-order valence-corrected chi connectivity index (χ1v) is 3.79. The van der Waals surface area contributed by atoms with Gasteiger partial charge in [-0.1, -0.05) is 18.2 Å². The fraction of sp³-hybridized carbons (Fsp3) is 0.333. The summed E-state index contributed by atoms with van der Waals surface area (Å²) in [4.78, 5) is 1.89. The largest absolute Gasteiger partial charge is 0.376 e. The third kappa shape index (κ3) is 1.95. The van der Waals surface area contributed by atoms with E-state index in [9.17, 15) is 0 Å². The quantitative estimate of drug-likeness (QED) is 0.661. The highest BCUT2D eigenvalue weighted by Gasteiger charge is 1.98. The van der Waals surface area contributed by atoms with E-state index in [2.05, 4.69) is 0 Å². The minimum Gasteiger partial charge on any atom is -0.376 e. The molecule has 0 amide bonds. The van der Waals surface area contributed by atoms with E-state index in [1.165, 1.54) is 0 Å². The van der Waals surface area contributed by atoms with Gasteiger partial charge in [-0.2, -0.15) is 0 Å². The van der Waals surface area contributed by atoms with Crippen molar-refractivity contribution >= 4 is 5.69 Å². The van der Waals surface area contributed by atoms with Gasteiger partial charge in [-0.3, -0.25) is 0 Å². The summed E-state index contributed by atoms with van der Waals surface area (Å²) in [6.07, 6.45) is 0. The lowest BCUT2D eigenvalue weighted by molar-refractivity contribution is 0.293. The lowest BCUT2D eigenvalue weighted by atomic mass is 10.3. The van der Waals surface area contributed by atoms with E-state index in [1.54, 1.807) is 0 Å². The van der Waals surface area contributed by atoms with Crippen LogP contribution < -0.4 is 4.90 Å². The van der Waals surface area contributed by atoms with Gasteiger partial charge in [-0.25, -0.2) is 0 Å².